The third-order valence-corrected chi connectivity index (χ3v) is 3.85. The molecule has 1 aromatic rings. The SMILES string of the molecule is CC1OCCC1CNC(=O)N(C)c1ccccc1C(=O)O. The van der Waals surface area contributed by atoms with Crippen LogP contribution in [0.3, 0.4) is 0 Å². The molecule has 1 aliphatic rings. The number of benzene rings is 1. The molecule has 0 radical (unpaired) electrons. The van der Waals surface area contributed by atoms with Gasteiger partial charge in [-0.15, -0.1) is 0 Å². The maximum Gasteiger partial charge on any atom is 0.337 e. The average Bonchev–Trinajstić information content (AvgIpc) is 2.89. The minimum absolute atomic E-state index is 0.104. The van der Waals surface area contributed by atoms with Crippen LogP contribution < -0.4 is 10.2 Å². The van der Waals surface area contributed by atoms with Crippen molar-refractivity contribution >= 4 is 17.7 Å². The van der Waals surface area contributed by atoms with Crippen molar-refractivity contribution < 1.29 is 19.4 Å². The summed E-state index contributed by atoms with van der Waals surface area (Å²) in [5, 5.41) is 12.0. The number of amides is 2. The first-order valence-corrected chi connectivity index (χ1v) is 6.96. The maximum atomic E-state index is 12.2. The van der Waals surface area contributed by atoms with Gasteiger partial charge in [-0.05, 0) is 25.5 Å². The van der Waals surface area contributed by atoms with Crippen molar-refractivity contribution in [3.05, 3.63) is 29.8 Å². The Kier molecular flexibility index (Phi) is 4.80. The second-order valence-corrected chi connectivity index (χ2v) is 5.19. The van der Waals surface area contributed by atoms with E-state index in [2.05, 4.69) is 5.32 Å². The van der Waals surface area contributed by atoms with Crippen LogP contribution >= 0.6 is 0 Å². The molecular formula is C15H20N2O4. The van der Waals surface area contributed by atoms with Gasteiger partial charge in [0, 0.05) is 26.1 Å². The second-order valence-electron chi connectivity index (χ2n) is 5.19. The van der Waals surface area contributed by atoms with Gasteiger partial charge in [0.05, 0.1) is 17.4 Å². The molecule has 0 bridgehead atoms. The van der Waals surface area contributed by atoms with E-state index in [0.29, 0.717) is 18.2 Å². The van der Waals surface area contributed by atoms with Gasteiger partial charge in [0.1, 0.15) is 0 Å². The second kappa shape index (κ2) is 6.58. The monoisotopic (exact) mass is 292 g/mol. The number of hydrogen-bond donors (Lipinski definition) is 2. The maximum absolute atomic E-state index is 12.2. The van der Waals surface area contributed by atoms with Gasteiger partial charge in [-0.25, -0.2) is 9.59 Å². The molecule has 6 nitrogen and oxygen atoms in total. The molecule has 1 heterocycles. The number of ether oxygens (including phenoxy) is 1. The van der Waals surface area contributed by atoms with Crippen LogP contribution in [0.5, 0.6) is 0 Å². The first kappa shape index (κ1) is 15.3. The lowest BCUT2D eigenvalue weighted by Gasteiger charge is -2.22. The summed E-state index contributed by atoms with van der Waals surface area (Å²) in [4.78, 5) is 24.7. The smallest absolute Gasteiger partial charge is 0.337 e. The molecule has 2 rings (SSSR count). The number of para-hydroxylation sites is 1. The molecule has 21 heavy (non-hydrogen) atoms. The normalized spacial score (nSPS) is 21.0. The van der Waals surface area contributed by atoms with Crippen LogP contribution in [0.2, 0.25) is 0 Å². The lowest BCUT2D eigenvalue weighted by atomic mass is 10.0. The number of aromatic carboxylic acids is 1. The van der Waals surface area contributed by atoms with Crippen LogP contribution in [0.1, 0.15) is 23.7 Å². The third kappa shape index (κ3) is 3.52. The average molecular weight is 292 g/mol. The number of carbonyl (C=O) groups excluding carboxylic acids is 1. The molecule has 2 amide bonds. The van der Waals surface area contributed by atoms with Gasteiger partial charge in [0.25, 0.3) is 0 Å². The van der Waals surface area contributed by atoms with Crippen LogP contribution in [-0.2, 0) is 4.74 Å². The molecule has 1 fully saturated rings. The van der Waals surface area contributed by atoms with Crippen LogP contribution in [0, 0.1) is 5.92 Å². The molecule has 1 aromatic carbocycles. The first-order valence-electron chi connectivity index (χ1n) is 6.96. The Morgan fingerprint density at radius 1 is 1.43 bits per heavy atom. The highest BCUT2D eigenvalue weighted by atomic mass is 16.5. The van der Waals surface area contributed by atoms with E-state index in [1.165, 1.54) is 11.0 Å². The Morgan fingerprint density at radius 2 is 2.14 bits per heavy atom. The summed E-state index contributed by atoms with van der Waals surface area (Å²) in [7, 11) is 1.56. The Morgan fingerprint density at radius 3 is 2.76 bits per heavy atom. The number of carbonyl (C=O) groups is 2. The summed E-state index contributed by atoms with van der Waals surface area (Å²) in [6.07, 6.45) is 1.07. The van der Waals surface area contributed by atoms with Crippen molar-refractivity contribution in [1.82, 2.24) is 5.32 Å². The predicted molar refractivity (Wildman–Crippen MR) is 78.7 cm³/mol. The number of carboxylic acids is 1. The van der Waals surface area contributed by atoms with Crippen LogP contribution in [0.25, 0.3) is 0 Å². The Bertz CT molecular complexity index is 532. The topological polar surface area (TPSA) is 78.9 Å². The zero-order chi connectivity index (χ0) is 15.4. The molecule has 114 valence electrons. The molecule has 0 spiro atoms. The van der Waals surface area contributed by atoms with E-state index in [1.807, 2.05) is 6.92 Å². The van der Waals surface area contributed by atoms with Crippen LogP contribution in [0.15, 0.2) is 24.3 Å². The van der Waals surface area contributed by atoms with E-state index in [1.54, 1.807) is 25.2 Å². The first-order chi connectivity index (χ1) is 10.0. The van der Waals surface area contributed by atoms with E-state index in [9.17, 15) is 9.59 Å². The quantitative estimate of drug-likeness (QED) is 0.889. The summed E-state index contributed by atoms with van der Waals surface area (Å²) in [6, 6.07) is 6.12. The molecule has 1 saturated heterocycles. The molecule has 0 saturated carbocycles. The molecular weight excluding hydrogens is 272 g/mol. The largest absolute Gasteiger partial charge is 0.478 e. The molecule has 2 atom stereocenters. The number of rotatable bonds is 4. The van der Waals surface area contributed by atoms with Crippen molar-refractivity contribution in [3.8, 4) is 0 Å². The molecule has 2 N–H and O–H groups in total. The summed E-state index contributed by atoms with van der Waals surface area (Å²) >= 11 is 0. The van der Waals surface area contributed by atoms with Crippen molar-refractivity contribution in [1.29, 1.82) is 0 Å². The van der Waals surface area contributed by atoms with Crippen molar-refractivity contribution in [2.75, 3.05) is 25.1 Å². The number of nitrogens with zero attached hydrogens (tertiary/aromatic N) is 1. The van der Waals surface area contributed by atoms with Gasteiger partial charge in [-0.1, -0.05) is 12.1 Å². The lowest BCUT2D eigenvalue weighted by molar-refractivity contribution is 0.0697. The van der Waals surface area contributed by atoms with E-state index in [-0.39, 0.29) is 17.7 Å². The van der Waals surface area contributed by atoms with E-state index >= 15 is 0 Å². The standard InChI is InChI=1S/C15H20N2O4/c1-10-11(7-8-21-10)9-16-15(20)17(2)13-6-4-3-5-12(13)14(18)19/h3-6,10-11H,7-9H2,1-2H3,(H,16,20)(H,18,19). The summed E-state index contributed by atoms with van der Waals surface area (Å²) < 4.78 is 5.45. The lowest BCUT2D eigenvalue weighted by Crippen LogP contribution is -2.41. The van der Waals surface area contributed by atoms with Crippen molar-refractivity contribution in [3.63, 3.8) is 0 Å². The summed E-state index contributed by atoms with van der Waals surface area (Å²) in [5.41, 5.74) is 0.478. The van der Waals surface area contributed by atoms with Crippen molar-refractivity contribution in [2.24, 2.45) is 5.92 Å². The molecule has 0 aromatic heterocycles. The van der Waals surface area contributed by atoms with E-state index < -0.39 is 5.97 Å². The Balaban J connectivity index is 2.01. The fourth-order valence-electron chi connectivity index (χ4n) is 2.44. The van der Waals surface area contributed by atoms with Gasteiger partial charge in [0.2, 0.25) is 0 Å². The molecule has 0 aliphatic carbocycles. The Hall–Kier alpha value is -2.08. The van der Waals surface area contributed by atoms with Crippen LogP contribution in [-0.4, -0.2) is 43.4 Å². The zero-order valence-corrected chi connectivity index (χ0v) is 12.2. The van der Waals surface area contributed by atoms with Crippen molar-refractivity contribution in [2.45, 2.75) is 19.4 Å². The van der Waals surface area contributed by atoms with Gasteiger partial charge in [0.15, 0.2) is 0 Å². The highest BCUT2D eigenvalue weighted by Crippen LogP contribution is 2.21. The third-order valence-electron chi connectivity index (χ3n) is 3.85. The number of urea groups is 1. The number of nitrogens with one attached hydrogen (secondary N) is 1. The Labute approximate surface area is 123 Å². The minimum atomic E-state index is -1.05. The van der Waals surface area contributed by atoms with E-state index in [4.69, 9.17) is 9.84 Å². The summed E-state index contributed by atoms with van der Waals surface area (Å²) in [6.45, 7) is 3.24. The highest BCUT2D eigenvalue weighted by molar-refractivity contribution is 6.01. The number of anilines is 1. The molecule has 1 aliphatic heterocycles. The minimum Gasteiger partial charge on any atom is -0.478 e. The fraction of sp³-hybridized carbons (Fsp3) is 0.467. The molecule has 2 unspecified atom stereocenters. The van der Waals surface area contributed by atoms with Gasteiger partial charge < -0.3 is 15.2 Å². The summed E-state index contributed by atoms with van der Waals surface area (Å²) in [5.74, 6) is -0.750. The number of hydrogen-bond acceptors (Lipinski definition) is 3. The zero-order valence-electron chi connectivity index (χ0n) is 12.2. The fourth-order valence-corrected chi connectivity index (χ4v) is 2.44. The number of carboxylic acid groups (broad SMARTS) is 1. The van der Waals surface area contributed by atoms with Gasteiger partial charge in [-0.2, -0.15) is 0 Å². The predicted octanol–water partition coefficient (Wildman–Crippen LogP) is 1.96. The van der Waals surface area contributed by atoms with Gasteiger partial charge in [-0.3, -0.25) is 4.90 Å². The van der Waals surface area contributed by atoms with Gasteiger partial charge >= 0.3 is 12.0 Å². The van der Waals surface area contributed by atoms with Crippen LogP contribution in [0.4, 0.5) is 10.5 Å². The highest BCUT2D eigenvalue weighted by Gasteiger charge is 2.25. The molecule has 6 heteroatoms. The van der Waals surface area contributed by atoms with E-state index in [0.717, 1.165) is 13.0 Å².